The molecule has 108 valence electrons. The molecular weight excluding hydrogens is 250 g/mol. The van der Waals surface area contributed by atoms with Crippen LogP contribution in [-0.4, -0.2) is 68.2 Å². The third-order valence-corrected chi connectivity index (χ3v) is 5.84. The van der Waals surface area contributed by atoms with Crippen molar-refractivity contribution in [3.8, 4) is 0 Å². The lowest BCUT2D eigenvalue weighted by Gasteiger charge is -2.38. The van der Waals surface area contributed by atoms with Crippen molar-refractivity contribution < 1.29 is 8.42 Å². The third kappa shape index (κ3) is 3.91. The molecule has 2 atom stereocenters. The standard InChI is InChI=1S/C12H27N3O2S/c1-10(2)13-8-12(4)18(16,17)15-7-6-14(5)11(3)9-15/h10-13H,6-9H2,1-5H3. The quantitative estimate of drug-likeness (QED) is 0.787. The SMILES string of the molecule is CC(C)NCC(C)S(=O)(=O)N1CCN(C)C(C)C1. The van der Waals surface area contributed by atoms with Crippen molar-refractivity contribution >= 4 is 10.0 Å². The van der Waals surface area contributed by atoms with E-state index in [-0.39, 0.29) is 5.25 Å². The highest BCUT2D eigenvalue weighted by molar-refractivity contribution is 7.89. The molecule has 0 aromatic rings. The summed E-state index contributed by atoms with van der Waals surface area (Å²) in [6, 6.07) is 0.604. The van der Waals surface area contributed by atoms with Gasteiger partial charge < -0.3 is 10.2 Å². The van der Waals surface area contributed by atoms with E-state index in [0.29, 0.717) is 31.7 Å². The van der Waals surface area contributed by atoms with Gasteiger partial charge in [-0.1, -0.05) is 13.8 Å². The maximum Gasteiger partial charge on any atom is 0.218 e. The molecule has 1 saturated heterocycles. The van der Waals surface area contributed by atoms with Crippen LogP contribution >= 0.6 is 0 Å². The third-order valence-electron chi connectivity index (χ3n) is 3.60. The van der Waals surface area contributed by atoms with E-state index in [2.05, 4.69) is 17.1 Å². The number of sulfonamides is 1. The summed E-state index contributed by atoms with van der Waals surface area (Å²) in [5, 5.41) is 2.83. The minimum atomic E-state index is -3.17. The first kappa shape index (κ1) is 15.9. The molecule has 0 amide bonds. The first-order chi connectivity index (χ1) is 8.25. The van der Waals surface area contributed by atoms with Crippen LogP contribution in [0, 0.1) is 0 Å². The minimum absolute atomic E-state index is 0.291. The monoisotopic (exact) mass is 277 g/mol. The summed E-state index contributed by atoms with van der Waals surface area (Å²) >= 11 is 0. The molecule has 0 saturated carbocycles. The van der Waals surface area contributed by atoms with Gasteiger partial charge in [0.25, 0.3) is 0 Å². The van der Waals surface area contributed by atoms with Crippen LogP contribution in [0.15, 0.2) is 0 Å². The second-order valence-electron chi connectivity index (χ2n) is 5.61. The molecule has 0 aromatic carbocycles. The van der Waals surface area contributed by atoms with Crippen LogP contribution in [0.2, 0.25) is 0 Å². The highest BCUT2D eigenvalue weighted by Gasteiger charge is 2.33. The fraction of sp³-hybridized carbons (Fsp3) is 1.00. The van der Waals surface area contributed by atoms with Gasteiger partial charge in [0.15, 0.2) is 0 Å². The van der Waals surface area contributed by atoms with Gasteiger partial charge in [-0.3, -0.25) is 0 Å². The normalized spacial score (nSPS) is 25.6. The van der Waals surface area contributed by atoms with E-state index in [1.54, 1.807) is 11.2 Å². The first-order valence-corrected chi connectivity index (χ1v) is 8.18. The number of nitrogens with zero attached hydrogens (tertiary/aromatic N) is 2. The molecule has 1 heterocycles. The zero-order chi connectivity index (χ0) is 13.9. The summed E-state index contributed by atoms with van der Waals surface area (Å²) in [6.45, 7) is 10.4. The van der Waals surface area contributed by atoms with Crippen LogP contribution in [-0.2, 0) is 10.0 Å². The van der Waals surface area contributed by atoms with Gasteiger partial charge in [-0.05, 0) is 20.9 Å². The van der Waals surface area contributed by atoms with E-state index in [1.165, 1.54) is 0 Å². The Labute approximate surface area is 112 Å². The topological polar surface area (TPSA) is 52.7 Å². The van der Waals surface area contributed by atoms with E-state index in [9.17, 15) is 8.42 Å². The predicted molar refractivity (Wildman–Crippen MR) is 75.2 cm³/mol. The molecule has 2 unspecified atom stereocenters. The minimum Gasteiger partial charge on any atom is -0.313 e. The Kier molecular flexibility index (Phi) is 5.58. The molecule has 0 aliphatic carbocycles. The van der Waals surface area contributed by atoms with Crippen LogP contribution in [0.5, 0.6) is 0 Å². The molecule has 0 spiro atoms. The highest BCUT2D eigenvalue weighted by Crippen LogP contribution is 2.15. The molecule has 1 N–H and O–H groups in total. The van der Waals surface area contributed by atoms with Crippen molar-refractivity contribution in [2.45, 2.75) is 45.0 Å². The molecule has 0 radical (unpaired) electrons. The summed E-state index contributed by atoms with van der Waals surface area (Å²) in [5.41, 5.74) is 0. The van der Waals surface area contributed by atoms with Crippen molar-refractivity contribution in [1.29, 1.82) is 0 Å². The van der Waals surface area contributed by atoms with Crippen molar-refractivity contribution in [2.24, 2.45) is 0 Å². The molecular formula is C12H27N3O2S. The lowest BCUT2D eigenvalue weighted by molar-refractivity contribution is 0.159. The number of nitrogens with one attached hydrogen (secondary N) is 1. The van der Waals surface area contributed by atoms with Crippen LogP contribution in [0.4, 0.5) is 0 Å². The van der Waals surface area contributed by atoms with E-state index in [0.717, 1.165) is 6.54 Å². The lowest BCUT2D eigenvalue weighted by Crippen LogP contribution is -2.54. The average Bonchev–Trinajstić information content (AvgIpc) is 2.29. The Morgan fingerprint density at radius 1 is 1.28 bits per heavy atom. The number of piperazine rings is 1. The predicted octanol–water partition coefficient (Wildman–Crippen LogP) is 0.339. The molecule has 0 aromatic heterocycles. The molecule has 6 heteroatoms. The largest absolute Gasteiger partial charge is 0.313 e. The van der Waals surface area contributed by atoms with Gasteiger partial charge in [0, 0.05) is 38.3 Å². The van der Waals surface area contributed by atoms with Crippen molar-refractivity contribution in [3.05, 3.63) is 0 Å². The Balaban J connectivity index is 2.63. The second kappa shape index (κ2) is 6.32. The van der Waals surface area contributed by atoms with Gasteiger partial charge >= 0.3 is 0 Å². The molecule has 1 fully saturated rings. The summed E-state index contributed by atoms with van der Waals surface area (Å²) in [5.74, 6) is 0. The van der Waals surface area contributed by atoms with Gasteiger partial charge in [0.2, 0.25) is 10.0 Å². The maximum atomic E-state index is 12.4. The summed E-state index contributed by atoms with van der Waals surface area (Å²) in [4.78, 5) is 2.20. The Morgan fingerprint density at radius 2 is 1.89 bits per heavy atom. The van der Waals surface area contributed by atoms with E-state index in [1.807, 2.05) is 20.9 Å². The lowest BCUT2D eigenvalue weighted by atomic mass is 10.2. The Morgan fingerprint density at radius 3 is 2.39 bits per heavy atom. The van der Waals surface area contributed by atoms with Gasteiger partial charge in [0.05, 0.1) is 5.25 Å². The first-order valence-electron chi connectivity index (χ1n) is 6.67. The van der Waals surface area contributed by atoms with E-state index < -0.39 is 10.0 Å². The molecule has 18 heavy (non-hydrogen) atoms. The molecule has 1 aliphatic rings. The molecule has 1 aliphatic heterocycles. The maximum absolute atomic E-state index is 12.4. The number of hydrogen-bond donors (Lipinski definition) is 1. The van der Waals surface area contributed by atoms with Crippen LogP contribution in [0.25, 0.3) is 0 Å². The van der Waals surface area contributed by atoms with Crippen molar-refractivity contribution in [1.82, 2.24) is 14.5 Å². The fourth-order valence-electron chi connectivity index (χ4n) is 2.01. The van der Waals surface area contributed by atoms with Gasteiger partial charge in [-0.25, -0.2) is 8.42 Å². The van der Waals surface area contributed by atoms with Gasteiger partial charge in [-0.15, -0.1) is 0 Å². The Hall–Kier alpha value is -0.170. The Bertz CT molecular complexity index is 356. The van der Waals surface area contributed by atoms with Crippen LogP contribution < -0.4 is 5.32 Å². The average molecular weight is 277 g/mol. The van der Waals surface area contributed by atoms with Crippen molar-refractivity contribution in [3.63, 3.8) is 0 Å². The fourth-order valence-corrected chi connectivity index (χ4v) is 3.58. The van der Waals surface area contributed by atoms with Crippen LogP contribution in [0.1, 0.15) is 27.7 Å². The smallest absolute Gasteiger partial charge is 0.218 e. The highest BCUT2D eigenvalue weighted by atomic mass is 32.2. The van der Waals surface area contributed by atoms with E-state index >= 15 is 0 Å². The van der Waals surface area contributed by atoms with E-state index in [4.69, 9.17) is 0 Å². The van der Waals surface area contributed by atoms with Crippen LogP contribution in [0.3, 0.4) is 0 Å². The number of rotatable bonds is 5. The van der Waals surface area contributed by atoms with Gasteiger partial charge in [0.1, 0.15) is 0 Å². The zero-order valence-corrected chi connectivity index (χ0v) is 13.0. The number of likely N-dealkylation sites (N-methyl/N-ethyl adjacent to an activating group) is 1. The number of hydrogen-bond acceptors (Lipinski definition) is 4. The summed E-state index contributed by atoms with van der Waals surface area (Å²) in [6.07, 6.45) is 0. The molecule has 5 nitrogen and oxygen atoms in total. The summed E-state index contributed by atoms with van der Waals surface area (Å²) < 4.78 is 26.5. The second-order valence-corrected chi connectivity index (χ2v) is 7.96. The zero-order valence-electron chi connectivity index (χ0n) is 12.2. The summed E-state index contributed by atoms with van der Waals surface area (Å²) in [7, 11) is -1.13. The van der Waals surface area contributed by atoms with Crippen molar-refractivity contribution in [2.75, 3.05) is 33.2 Å². The van der Waals surface area contributed by atoms with Gasteiger partial charge in [-0.2, -0.15) is 4.31 Å². The molecule has 0 bridgehead atoms. The molecule has 1 rings (SSSR count).